The van der Waals surface area contributed by atoms with Crippen LogP contribution in [0.15, 0.2) is 16.0 Å². The highest BCUT2D eigenvalue weighted by Gasteiger charge is 2.18. The molecule has 0 aliphatic heterocycles. The van der Waals surface area contributed by atoms with E-state index in [0.717, 1.165) is 24.9 Å². The van der Waals surface area contributed by atoms with E-state index in [1.54, 1.807) is 0 Å². The van der Waals surface area contributed by atoms with Crippen LogP contribution in [0.25, 0.3) is 0 Å². The molecule has 10 heteroatoms. The highest BCUT2D eigenvalue weighted by Crippen LogP contribution is 2.32. The Balaban J connectivity index is 3.14. The first-order chi connectivity index (χ1) is 9.38. The molecule has 0 atom stereocenters. The first-order valence-corrected chi connectivity index (χ1v) is 6.50. The second-order valence-corrected chi connectivity index (χ2v) is 4.87. The van der Waals surface area contributed by atoms with Gasteiger partial charge in [0.1, 0.15) is 9.93 Å². The van der Waals surface area contributed by atoms with Crippen molar-refractivity contribution in [2.45, 2.75) is 5.03 Å². The molecule has 0 aliphatic rings. The maximum Gasteiger partial charge on any atom is 0.345 e. The molecule has 1 aromatic heterocycles. The number of nitrogen functional groups attached to an aromatic ring is 1. The average Bonchev–Trinajstić information content (AvgIpc) is 2.42. The van der Waals surface area contributed by atoms with E-state index in [4.69, 9.17) is 28.9 Å². The predicted octanol–water partition coefficient (Wildman–Crippen LogP) is 1.69. The number of hydrogen-bond donors (Lipinski definition) is 1. The fraction of sp³-hybridized carbons (Fsp3) is 0.200. The number of rotatable bonds is 4. The molecule has 0 saturated heterocycles. The van der Waals surface area contributed by atoms with E-state index < -0.39 is 11.9 Å². The molecule has 1 aromatic rings. The topological polar surface area (TPSA) is 104 Å². The highest BCUT2D eigenvalue weighted by atomic mass is 35.5. The van der Waals surface area contributed by atoms with Crippen molar-refractivity contribution in [2.75, 3.05) is 20.0 Å². The van der Waals surface area contributed by atoms with Gasteiger partial charge in [0.2, 0.25) is 0 Å². The molecule has 108 valence electrons. The van der Waals surface area contributed by atoms with Gasteiger partial charge < -0.3 is 15.2 Å². The molecule has 0 radical (unpaired) electrons. The van der Waals surface area contributed by atoms with Gasteiger partial charge in [-0.15, -0.1) is 0 Å². The van der Waals surface area contributed by atoms with Crippen LogP contribution in [0, 0.1) is 0 Å². The minimum absolute atomic E-state index is 0.0379. The van der Waals surface area contributed by atoms with E-state index in [9.17, 15) is 9.59 Å². The summed E-state index contributed by atoms with van der Waals surface area (Å²) in [5, 5.41) is -0.0318. The molecule has 20 heavy (non-hydrogen) atoms. The summed E-state index contributed by atoms with van der Waals surface area (Å²) in [6.45, 7) is 0. The summed E-state index contributed by atoms with van der Waals surface area (Å²) in [5.41, 5.74) is 5.61. The van der Waals surface area contributed by atoms with Crippen molar-refractivity contribution in [3.8, 4) is 0 Å². The molecule has 2 N–H and O–H groups in total. The number of methoxy groups -OCH3 is 2. The lowest BCUT2D eigenvalue weighted by Gasteiger charge is -2.07. The Hall–Kier alpha value is -1.51. The summed E-state index contributed by atoms with van der Waals surface area (Å²) >= 11 is 12.1. The number of aromatic nitrogens is 2. The third kappa shape index (κ3) is 4.26. The van der Waals surface area contributed by atoms with Crippen molar-refractivity contribution in [3.63, 3.8) is 0 Å². The molecule has 0 aliphatic carbocycles. The van der Waals surface area contributed by atoms with Crippen LogP contribution in [0.3, 0.4) is 0 Å². The Morgan fingerprint density at radius 1 is 1.20 bits per heavy atom. The number of carbonyl (C=O) groups is 2. The monoisotopic (exact) mass is 337 g/mol. The Morgan fingerprint density at radius 3 is 2.35 bits per heavy atom. The van der Waals surface area contributed by atoms with Crippen LogP contribution < -0.4 is 5.73 Å². The van der Waals surface area contributed by atoms with Crippen molar-refractivity contribution < 1.29 is 19.1 Å². The molecule has 0 spiro atoms. The number of ether oxygens (including phenoxy) is 2. The highest BCUT2D eigenvalue weighted by molar-refractivity contribution is 8.04. The molecule has 0 amide bonds. The molecule has 0 unspecified atom stereocenters. The fourth-order valence-corrected chi connectivity index (χ4v) is 2.10. The molecule has 0 fully saturated rings. The normalized spacial score (nSPS) is 11.1. The van der Waals surface area contributed by atoms with Crippen molar-refractivity contribution in [2.24, 2.45) is 0 Å². The van der Waals surface area contributed by atoms with E-state index in [1.807, 2.05) is 0 Å². The molecular formula is C10H9Cl2N3O4S. The number of anilines is 1. The number of halogens is 2. The van der Waals surface area contributed by atoms with Crippen LogP contribution in [0.1, 0.15) is 0 Å². The standard InChI is InChI=1S/C10H9Cl2N3O4S/c1-18-5(16)3-4(10(17)19-2)20-9-8(13)14-6(11)7(12)15-9/h3H,1-2H3,(H2,13,14)/b4-3+. The van der Waals surface area contributed by atoms with Crippen molar-refractivity contribution in [1.29, 1.82) is 0 Å². The van der Waals surface area contributed by atoms with Gasteiger partial charge >= 0.3 is 11.9 Å². The Morgan fingerprint density at radius 2 is 1.80 bits per heavy atom. The zero-order chi connectivity index (χ0) is 15.3. The van der Waals surface area contributed by atoms with Gasteiger partial charge in [0, 0.05) is 6.08 Å². The third-order valence-corrected chi connectivity index (χ3v) is 3.47. The summed E-state index contributed by atoms with van der Waals surface area (Å²) < 4.78 is 8.98. The van der Waals surface area contributed by atoms with Gasteiger partial charge in [-0.3, -0.25) is 0 Å². The van der Waals surface area contributed by atoms with E-state index in [1.165, 1.54) is 7.11 Å². The fourth-order valence-electron chi connectivity index (χ4n) is 0.968. The number of carbonyl (C=O) groups excluding carboxylic acids is 2. The Bertz CT molecular complexity index is 580. The van der Waals surface area contributed by atoms with Gasteiger partial charge in [-0.2, -0.15) is 0 Å². The maximum atomic E-state index is 11.6. The van der Waals surface area contributed by atoms with Gasteiger partial charge in [-0.1, -0.05) is 35.0 Å². The largest absolute Gasteiger partial charge is 0.466 e. The predicted molar refractivity (Wildman–Crippen MR) is 74.4 cm³/mol. The number of nitrogens with zero attached hydrogens (tertiary/aromatic N) is 2. The van der Waals surface area contributed by atoms with Gasteiger partial charge in [-0.05, 0) is 0 Å². The summed E-state index contributed by atoms with van der Waals surface area (Å²) in [5.74, 6) is -1.53. The maximum absolute atomic E-state index is 11.6. The van der Waals surface area contributed by atoms with Crippen molar-refractivity contribution in [3.05, 3.63) is 21.3 Å². The second kappa shape index (κ2) is 7.32. The number of hydrogen-bond acceptors (Lipinski definition) is 8. The number of nitrogens with two attached hydrogens (primary N) is 1. The first kappa shape index (κ1) is 16.5. The smallest absolute Gasteiger partial charge is 0.345 e. The van der Waals surface area contributed by atoms with Crippen LogP contribution in [-0.2, 0) is 19.1 Å². The van der Waals surface area contributed by atoms with Crippen LogP contribution in [0.2, 0.25) is 10.3 Å². The molecule has 7 nitrogen and oxygen atoms in total. The molecule has 0 aromatic carbocycles. The molecule has 0 saturated carbocycles. The molecular weight excluding hydrogens is 329 g/mol. The van der Waals surface area contributed by atoms with Crippen LogP contribution in [0.4, 0.5) is 5.82 Å². The van der Waals surface area contributed by atoms with Crippen LogP contribution in [0.5, 0.6) is 0 Å². The second-order valence-electron chi connectivity index (χ2n) is 3.12. The lowest BCUT2D eigenvalue weighted by Crippen LogP contribution is -2.07. The summed E-state index contributed by atoms with van der Waals surface area (Å²) in [6.07, 6.45) is 0.945. The SMILES string of the molecule is COC(=O)/C=C(/Sc1nc(Cl)c(Cl)nc1N)C(=O)OC. The van der Waals surface area contributed by atoms with E-state index in [0.29, 0.717) is 0 Å². The van der Waals surface area contributed by atoms with Crippen LogP contribution in [-0.4, -0.2) is 36.1 Å². The summed E-state index contributed by atoms with van der Waals surface area (Å²) in [4.78, 5) is 30.3. The number of esters is 2. The molecule has 1 heterocycles. The quantitative estimate of drug-likeness (QED) is 0.502. The molecule has 1 rings (SSSR count). The first-order valence-electron chi connectivity index (χ1n) is 4.93. The minimum Gasteiger partial charge on any atom is -0.466 e. The molecule has 0 bridgehead atoms. The van der Waals surface area contributed by atoms with E-state index >= 15 is 0 Å². The lowest BCUT2D eigenvalue weighted by atomic mass is 10.5. The minimum atomic E-state index is -0.757. The Labute approximate surface area is 128 Å². The van der Waals surface area contributed by atoms with Gasteiger partial charge in [-0.25, -0.2) is 19.6 Å². The summed E-state index contributed by atoms with van der Waals surface area (Å²) in [6, 6.07) is 0. The van der Waals surface area contributed by atoms with Gasteiger partial charge in [0.15, 0.2) is 16.1 Å². The Kier molecular flexibility index (Phi) is 6.05. The van der Waals surface area contributed by atoms with Crippen molar-refractivity contribution >= 4 is 52.7 Å². The summed E-state index contributed by atoms with van der Waals surface area (Å²) in [7, 11) is 2.34. The van der Waals surface area contributed by atoms with Crippen molar-refractivity contribution in [1.82, 2.24) is 9.97 Å². The van der Waals surface area contributed by atoms with E-state index in [-0.39, 0.29) is 26.1 Å². The number of thioether (sulfide) groups is 1. The lowest BCUT2D eigenvalue weighted by molar-refractivity contribution is -0.137. The zero-order valence-corrected chi connectivity index (χ0v) is 12.7. The van der Waals surface area contributed by atoms with Gasteiger partial charge in [0.05, 0.1) is 14.2 Å². The third-order valence-electron chi connectivity index (χ3n) is 1.85. The van der Waals surface area contributed by atoms with Crippen LogP contribution >= 0.6 is 35.0 Å². The van der Waals surface area contributed by atoms with E-state index in [2.05, 4.69) is 19.4 Å². The zero-order valence-electron chi connectivity index (χ0n) is 10.3. The average molecular weight is 338 g/mol. The van der Waals surface area contributed by atoms with Gasteiger partial charge in [0.25, 0.3) is 0 Å².